The molecule has 0 aromatic heterocycles. The highest BCUT2D eigenvalue weighted by molar-refractivity contribution is 7.29. The first-order valence-electron chi connectivity index (χ1n) is 4.41. The number of hydrogen-bond acceptors (Lipinski definition) is 4. The Morgan fingerprint density at radius 1 is 1.62 bits per heavy atom. The van der Waals surface area contributed by atoms with E-state index in [-0.39, 0.29) is 27.6 Å². The maximum Gasteiger partial charge on any atom is 0.320 e. The molecule has 78 valence electrons. The molecule has 0 bridgehead atoms. The summed E-state index contributed by atoms with van der Waals surface area (Å²) in [5.41, 5.74) is 0. The molecule has 0 saturated heterocycles. The Kier molecular flexibility index (Phi) is 8.30. The number of carbonyl (C=O) groups excluding carboxylic acids is 1. The molecule has 0 saturated carbocycles. The van der Waals surface area contributed by atoms with E-state index in [0.717, 1.165) is 12.8 Å². The van der Waals surface area contributed by atoms with Gasteiger partial charge in [0.2, 0.25) is 0 Å². The van der Waals surface area contributed by atoms with Crippen LogP contribution in [0.15, 0.2) is 0 Å². The second kappa shape index (κ2) is 8.42. The third-order valence-electron chi connectivity index (χ3n) is 1.43. The van der Waals surface area contributed by atoms with Gasteiger partial charge in [-0.25, -0.2) is 0 Å². The molecule has 13 heavy (non-hydrogen) atoms. The highest BCUT2D eigenvalue weighted by Crippen LogP contribution is 2.03. The Morgan fingerprint density at radius 3 is 2.85 bits per heavy atom. The number of nitrogens with one attached hydrogen (secondary N) is 1. The van der Waals surface area contributed by atoms with Crippen molar-refractivity contribution in [2.24, 2.45) is 0 Å². The molecular weight excluding hydrogens is 189 g/mol. The molecule has 2 unspecified atom stereocenters. The van der Waals surface area contributed by atoms with E-state index in [4.69, 9.17) is 9.26 Å². The van der Waals surface area contributed by atoms with Crippen molar-refractivity contribution in [3.05, 3.63) is 0 Å². The summed E-state index contributed by atoms with van der Waals surface area (Å²) in [6.45, 7) is 4.19. The summed E-state index contributed by atoms with van der Waals surface area (Å²) in [5.74, 6) is -0.217. The summed E-state index contributed by atoms with van der Waals surface area (Å²) >= 11 is 0. The van der Waals surface area contributed by atoms with E-state index in [9.17, 15) is 4.79 Å². The molecule has 2 atom stereocenters. The molecule has 0 spiro atoms. The summed E-state index contributed by atoms with van der Waals surface area (Å²) < 4.78 is 9.84. The van der Waals surface area contributed by atoms with Crippen LogP contribution in [-0.4, -0.2) is 25.7 Å². The number of esters is 1. The lowest BCUT2D eigenvalue weighted by Gasteiger charge is -2.11. The first-order valence-corrected chi connectivity index (χ1v) is 5.31. The largest absolute Gasteiger partial charge is 0.462 e. The van der Waals surface area contributed by atoms with Crippen LogP contribution >= 0.6 is 8.96 Å². The van der Waals surface area contributed by atoms with Crippen LogP contribution in [0.2, 0.25) is 0 Å². The van der Waals surface area contributed by atoms with E-state index in [1.54, 1.807) is 7.11 Å². The van der Waals surface area contributed by atoms with Crippen LogP contribution in [0.25, 0.3) is 0 Å². The van der Waals surface area contributed by atoms with Gasteiger partial charge in [0, 0.05) is 7.11 Å². The summed E-state index contributed by atoms with van der Waals surface area (Å²) in [5, 5.41) is 2.81. The Morgan fingerprint density at radius 2 is 2.31 bits per heavy atom. The lowest BCUT2D eigenvalue weighted by molar-refractivity contribution is -0.146. The van der Waals surface area contributed by atoms with Crippen molar-refractivity contribution in [1.82, 2.24) is 5.09 Å². The predicted molar refractivity (Wildman–Crippen MR) is 53.8 cm³/mol. The third kappa shape index (κ3) is 8.16. The SMILES string of the molecule is CCCC(C)OC(=O)CNPOC. The molecule has 4 nitrogen and oxygen atoms in total. The molecule has 0 aliphatic heterocycles. The fourth-order valence-electron chi connectivity index (χ4n) is 0.912. The Hall–Kier alpha value is -0.180. The van der Waals surface area contributed by atoms with Crippen molar-refractivity contribution < 1.29 is 14.1 Å². The smallest absolute Gasteiger partial charge is 0.320 e. The van der Waals surface area contributed by atoms with Gasteiger partial charge in [-0.3, -0.25) is 9.88 Å². The molecule has 0 amide bonds. The van der Waals surface area contributed by atoms with Gasteiger partial charge in [-0.1, -0.05) is 13.3 Å². The van der Waals surface area contributed by atoms with E-state index < -0.39 is 0 Å². The first-order chi connectivity index (χ1) is 6.20. The summed E-state index contributed by atoms with van der Waals surface area (Å²) in [6, 6.07) is 0. The Labute approximate surface area is 81.3 Å². The second-order valence-corrected chi connectivity index (χ2v) is 3.71. The number of hydrogen-bond donors (Lipinski definition) is 1. The van der Waals surface area contributed by atoms with Gasteiger partial charge in [-0.2, -0.15) is 0 Å². The second-order valence-electron chi connectivity index (χ2n) is 2.75. The van der Waals surface area contributed by atoms with Crippen LogP contribution < -0.4 is 5.09 Å². The highest BCUT2D eigenvalue weighted by Gasteiger charge is 2.07. The molecule has 1 N–H and O–H groups in total. The lowest BCUT2D eigenvalue weighted by Crippen LogP contribution is -2.23. The van der Waals surface area contributed by atoms with Crippen LogP contribution in [0.3, 0.4) is 0 Å². The normalized spacial score (nSPS) is 13.5. The number of rotatable bonds is 7. The molecule has 0 aliphatic carbocycles. The van der Waals surface area contributed by atoms with E-state index in [0.29, 0.717) is 0 Å². The number of carbonyl (C=O) groups is 1. The minimum atomic E-state index is -0.217. The average Bonchev–Trinajstić information content (AvgIpc) is 2.05. The maximum atomic E-state index is 11.1. The topological polar surface area (TPSA) is 47.6 Å². The minimum Gasteiger partial charge on any atom is -0.462 e. The summed E-state index contributed by atoms with van der Waals surface area (Å²) in [4.78, 5) is 11.1. The van der Waals surface area contributed by atoms with Gasteiger partial charge in [-0.05, 0) is 13.3 Å². The van der Waals surface area contributed by atoms with Crippen molar-refractivity contribution in [2.45, 2.75) is 32.8 Å². The summed E-state index contributed by atoms with van der Waals surface area (Å²) in [6.07, 6.45) is 1.96. The van der Waals surface area contributed by atoms with Gasteiger partial charge >= 0.3 is 5.97 Å². The number of ether oxygens (including phenoxy) is 1. The Bertz CT molecular complexity index is 143. The van der Waals surface area contributed by atoms with E-state index in [2.05, 4.69) is 12.0 Å². The van der Waals surface area contributed by atoms with E-state index >= 15 is 0 Å². The zero-order valence-electron chi connectivity index (χ0n) is 8.42. The average molecular weight is 207 g/mol. The summed E-state index contributed by atoms with van der Waals surface area (Å²) in [7, 11) is 1.73. The fraction of sp³-hybridized carbons (Fsp3) is 0.875. The zero-order chi connectivity index (χ0) is 10.1. The van der Waals surface area contributed by atoms with Crippen LogP contribution in [-0.2, 0) is 14.1 Å². The standard InChI is InChI=1S/C8H18NO3P/c1-4-5-7(2)12-8(10)6-9-13-11-3/h7,9,13H,4-6H2,1-3H3. The molecule has 0 radical (unpaired) electrons. The molecule has 0 aromatic carbocycles. The highest BCUT2D eigenvalue weighted by atomic mass is 31.1. The van der Waals surface area contributed by atoms with Crippen molar-refractivity contribution in [3.63, 3.8) is 0 Å². The minimum absolute atomic E-state index is 0.0187. The molecule has 0 aromatic rings. The van der Waals surface area contributed by atoms with E-state index in [1.807, 2.05) is 6.92 Å². The monoisotopic (exact) mass is 207 g/mol. The molecule has 0 aliphatic rings. The molecule has 0 fully saturated rings. The maximum absolute atomic E-state index is 11.1. The first kappa shape index (κ1) is 12.8. The molecule has 5 heteroatoms. The van der Waals surface area contributed by atoms with Gasteiger partial charge in [-0.15, -0.1) is 0 Å². The Balaban J connectivity index is 3.38. The van der Waals surface area contributed by atoms with Crippen LogP contribution in [0.4, 0.5) is 0 Å². The van der Waals surface area contributed by atoms with Crippen molar-refractivity contribution >= 4 is 14.9 Å². The molecule has 0 rings (SSSR count). The molecule has 0 heterocycles. The lowest BCUT2D eigenvalue weighted by atomic mass is 10.2. The quantitative estimate of drug-likeness (QED) is 0.390. The van der Waals surface area contributed by atoms with Gasteiger partial charge < -0.3 is 9.26 Å². The van der Waals surface area contributed by atoms with Crippen molar-refractivity contribution in [1.29, 1.82) is 0 Å². The third-order valence-corrected chi connectivity index (χ3v) is 1.96. The van der Waals surface area contributed by atoms with Crippen molar-refractivity contribution in [3.8, 4) is 0 Å². The van der Waals surface area contributed by atoms with Crippen molar-refractivity contribution in [2.75, 3.05) is 13.7 Å². The zero-order valence-corrected chi connectivity index (χ0v) is 9.42. The van der Waals surface area contributed by atoms with Gasteiger partial charge in [0.05, 0.1) is 21.6 Å². The van der Waals surface area contributed by atoms with Gasteiger partial charge in [0.15, 0.2) is 0 Å². The predicted octanol–water partition coefficient (Wildman–Crippen LogP) is 1.46. The van der Waals surface area contributed by atoms with Crippen LogP contribution in [0.1, 0.15) is 26.7 Å². The van der Waals surface area contributed by atoms with Crippen LogP contribution in [0, 0.1) is 0 Å². The van der Waals surface area contributed by atoms with E-state index in [1.165, 1.54) is 0 Å². The molecular formula is C8H18NO3P. The fourth-order valence-corrected chi connectivity index (χ4v) is 1.27. The van der Waals surface area contributed by atoms with Gasteiger partial charge in [0.25, 0.3) is 0 Å². The van der Waals surface area contributed by atoms with Gasteiger partial charge in [0.1, 0.15) is 0 Å². The van der Waals surface area contributed by atoms with Crippen LogP contribution in [0.5, 0.6) is 0 Å².